The molecule has 0 atom stereocenters. The Morgan fingerprint density at radius 3 is 1.62 bits per heavy atom. The van der Waals surface area contributed by atoms with Crippen LogP contribution in [-0.4, -0.2) is 19.1 Å². The van der Waals surface area contributed by atoms with Gasteiger partial charge in [-0.05, 0) is 79.6 Å². The molecule has 0 unspecified atom stereocenters. The lowest BCUT2D eigenvalue weighted by Gasteiger charge is -2.13. The smallest absolute Gasteiger partial charge is 0.0702 e. The van der Waals surface area contributed by atoms with Gasteiger partial charge in [0.05, 0.1) is 27.9 Å². The Morgan fingerprint density at radius 2 is 0.980 bits per heavy atom. The fourth-order valence-electron chi connectivity index (χ4n) is 7.71. The summed E-state index contributed by atoms with van der Waals surface area (Å²) >= 11 is 0. The van der Waals surface area contributed by atoms with Crippen LogP contribution in [0.5, 0.6) is 0 Å². The summed E-state index contributed by atoms with van der Waals surface area (Å²) in [7, 11) is 0. The van der Waals surface area contributed by atoms with E-state index in [0.29, 0.717) is 0 Å². The molecule has 50 heavy (non-hydrogen) atoms. The first-order chi connectivity index (χ1) is 24.8. The average Bonchev–Trinajstić information content (AvgIpc) is 3.71. The van der Waals surface area contributed by atoms with Crippen molar-refractivity contribution in [3.8, 4) is 45.0 Å². The van der Waals surface area contributed by atoms with Crippen LogP contribution in [0.3, 0.4) is 0 Å². The molecule has 236 valence electrons. The zero-order valence-electron chi connectivity index (χ0n) is 27.4. The van der Waals surface area contributed by atoms with Crippen molar-refractivity contribution in [1.29, 1.82) is 0 Å². The lowest BCUT2D eigenvalue weighted by atomic mass is 10.00. The minimum Gasteiger partial charge on any atom is -0.313 e. The molecular formula is C46H32N4. The average molecular weight is 641 g/mol. The number of hydrogen-bond donors (Lipinski definition) is 0. The summed E-state index contributed by atoms with van der Waals surface area (Å²) in [5, 5.41) is 3.73. The third kappa shape index (κ3) is 4.61. The maximum Gasteiger partial charge on any atom is 0.0702 e. The molecule has 1 aliphatic rings. The lowest BCUT2D eigenvalue weighted by molar-refractivity contribution is 0.888. The zero-order valence-corrected chi connectivity index (χ0v) is 27.4. The van der Waals surface area contributed by atoms with E-state index in [1.807, 2.05) is 12.4 Å². The van der Waals surface area contributed by atoms with Crippen LogP contribution in [0.4, 0.5) is 0 Å². The Kier molecular flexibility index (Phi) is 6.59. The highest BCUT2D eigenvalue weighted by Gasteiger charge is 2.19. The molecular weight excluding hydrogens is 609 g/mol. The Balaban J connectivity index is 0.960. The number of fused-ring (bicyclic) bond motifs is 6. The summed E-state index contributed by atoms with van der Waals surface area (Å²) in [6.45, 7) is 0. The molecule has 5 aromatic carbocycles. The van der Waals surface area contributed by atoms with Crippen LogP contribution in [0.1, 0.15) is 17.7 Å². The topological polar surface area (TPSA) is 35.6 Å². The SMILES string of the molecule is C1=Cc2c(n(-c3ccccc3)c3ccc(-c4ccc(-c5ccc(-c6ccc7c(c6)c6ccccc6n7-c6ccccc6)nc5)cn4)cc23)CC1. The highest BCUT2D eigenvalue weighted by atomic mass is 15.0. The summed E-state index contributed by atoms with van der Waals surface area (Å²) < 4.78 is 4.76. The van der Waals surface area contributed by atoms with Gasteiger partial charge in [0.25, 0.3) is 0 Å². The monoisotopic (exact) mass is 640 g/mol. The molecule has 0 spiro atoms. The second-order valence-electron chi connectivity index (χ2n) is 13.0. The van der Waals surface area contributed by atoms with Gasteiger partial charge in [0, 0.05) is 73.4 Å². The van der Waals surface area contributed by atoms with E-state index in [4.69, 9.17) is 9.97 Å². The normalized spacial score (nSPS) is 12.6. The number of hydrogen-bond acceptors (Lipinski definition) is 2. The van der Waals surface area contributed by atoms with Gasteiger partial charge in [0.1, 0.15) is 0 Å². The van der Waals surface area contributed by atoms with Crippen molar-refractivity contribution in [2.24, 2.45) is 0 Å². The first-order valence-electron chi connectivity index (χ1n) is 17.2. The Hall–Kier alpha value is -6.52. The maximum atomic E-state index is 4.93. The molecule has 0 saturated carbocycles. The number of nitrogens with zero attached hydrogens (tertiary/aromatic N) is 4. The van der Waals surface area contributed by atoms with Gasteiger partial charge in [-0.25, -0.2) is 0 Å². The molecule has 0 bridgehead atoms. The Bertz CT molecular complexity index is 2720. The highest BCUT2D eigenvalue weighted by molar-refractivity contribution is 6.10. The van der Waals surface area contributed by atoms with Crippen LogP contribution in [0.2, 0.25) is 0 Å². The molecule has 0 radical (unpaired) electrons. The van der Waals surface area contributed by atoms with E-state index in [2.05, 4.69) is 167 Å². The summed E-state index contributed by atoms with van der Waals surface area (Å²) in [6, 6.07) is 51.8. The van der Waals surface area contributed by atoms with E-state index >= 15 is 0 Å². The highest BCUT2D eigenvalue weighted by Crippen LogP contribution is 2.37. The van der Waals surface area contributed by atoms with Crippen molar-refractivity contribution >= 4 is 38.8 Å². The van der Waals surface area contributed by atoms with Gasteiger partial charge >= 0.3 is 0 Å². The first kappa shape index (κ1) is 28.5. The lowest BCUT2D eigenvalue weighted by Crippen LogP contribution is -2.02. The van der Waals surface area contributed by atoms with E-state index in [0.717, 1.165) is 52.2 Å². The number of benzene rings is 5. The van der Waals surface area contributed by atoms with Crippen molar-refractivity contribution in [2.75, 3.05) is 0 Å². The largest absolute Gasteiger partial charge is 0.313 e. The van der Waals surface area contributed by atoms with Crippen LogP contribution < -0.4 is 0 Å². The molecule has 4 heterocycles. The van der Waals surface area contributed by atoms with Gasteiger partial charge < -0.3 is 9.13 Å². The molecule has 0 fully saturated rings. The van der Waals surface area contributed by atoms with Crippen LogP contribution in [0, 0.1) is 0 Å². The third-order valence-electron chi connectivity index (χ3n) is 10.1. The Morgan fingerprint density at radius 1 is 0.440 bits per heavy atom. The van der Waals surface area contributed by atoms with Gasteiger partial charge in [-0.2, -0.15) is 0 Å². The fourth-order valence-corrected chi connectivity index (χ4v) is 7.71. The molecule has 0 aliphatic heterocycles. The molecule has 1 aliphatic carbocycles. The Labute approximate surface area is 290 Å². The number of rotatable bonds is 5. The zero-order chi connectivity index (χ0) is 33.0. The van der Waals surface area contributed by atoms with Gasteiger partial charge in [-0.15, -0.1) is 0 Å². The predicted octanol–water partition coefficient (Wildman–Crippen LogP) is 11.5. The second-order valence-corrected chi connectivity index (χ2v) is 13.0. The number of pyridine rings is 2. The summed E-state index contributed by atoms with van der Waals surface area (Å²) in [4.78, 5) is 9.84. The van der Waals surface area contributed by atoms with Gasteiger partial charge in [0.2, 0.25) is 0 Å². The van der Waals surface area contributed by atoms with Gasteiger partial charge in [0.15, 0.2) is 0 Å². The maximum absolute atomic E-state index is 4.93. The van der Waals surface area contributed by atoms with E-state index in [1.165, 1.54) is 49.7 Å². The molecule has 4 nitrogen and oxygen atoms in total. The molecule has 9 aromatic rings. The van der Waals surface area contributed by atoms with Crippen LogP contribution >= 0.6 is 0 Å². The van der Waals surface area contributed by atoms with E-state index in [9.17, 15) is 0 Å². The predicted molar refractivity (Wildman–Crippen MR) is 207 cm³/mol. The molecule has 0 saturated heterocycles. The van der Waals surface area contributed by atoms with Crippen molar-refractivity contribution in [2.45, 2.75) is 12.8 Å². The second kappa shape index (κ2) is 11.6. The number of aromatic nitrogens is 4. The van der Waals surface area contributed by atoms with E-state index in [1.54, 1.807) is 0 Å². The van der Waals surface area contributed by atoms with Gasteiger partial charge in [-0.3, -0.25) is 9.97 Å². The number of allylic oxidation sites excluding steroid dienone is 1. The van der Waals surface area contributed by atoms with Crippen molar-refractivity contribution in [3.63, 3.8) is 0 Å². The molecule has 10 rings (SSSR count). The molecule has 0 N–H and O–H groups in total. The summed E-state index contributed by atoms with van der Waals surface area (Å²) in [5.41, 5.74) is 14.9. The van der Waals surface area contributed by atoms with Crippen molar-refractivity contribution in [1.82, 2.24) is 19.1 Å². The standard InChI is InChI=1S/C46H32N4/c1-3-11-35(12-4-1)49-43-17-9-7-15-37(43)39-27-31(21-25-45(39)49)41-23-19-33(29-47-41)34-20-24-42(48-30-34)32-22-26-46-40(28-32)38-16-8-10-18-44(38)50(46)36-13-5-2-6-14-36/h1-9,11-17,19-30H,10,18H2. The summed E-state index contributed by atoms with van der Waals surface area (Å²) in [5.74, 6) is 0. The van der Waals surface area contributed by atoms with E-state index in [-0.39, 0.29) is 0 Å². The molecule has 0 amide bonds. The molecule has 4 aromatic heterocycles. The third-order valence-corrected chi connectivity index (χ3v) is 10.1. The first-order valence-corrected chi connectivity index (χ1v) is 17.2. The van der Waals surface area contributed by atoms with Gasteiger partial charge in [-0.1, -0.05) is 91.0 Å². The van der Waals surface area contributed by atoms with Crippen LogP contribution in [0.15, 0.2) is 164 Å². The van der Waals surface area contributed by atoms with Crippen LogP contribution in [-0.2, 0) is 6.42 Å². The van der Waals surface area contributed by atoms with Crippen molar-refractivity contribution < 1.29 is 0 Å². The minimum atomic E-state index is 0.949. The van der Waals surface area contributed by atoms with E-state index < -0.39 is 0 Å². The van der Waals surface area contributed by atoms with Crippen LogP contribution in [0.25, 0.3) is 83.8 Å². The minimum absolute atomic E-state index is 0.949. The van der Waals surface area contributed by atoms with Crippen molar-refractivity contribution in [3.05, 3.63) is 175 Å². The summed E-state index contributed by atoms with van der Waals surface area (Å²) in [6.07, 6.45) is 10.6. The quantitative estimate of drug-likeness (QED) is 0.188. The molecule has 4 heteroatoms. The fraction of sp³-hybridized carbons (Fsp3) is 0.0435. The number of para-hydroxylation sites is 3.